The van der Waals surface area contributed by atoms with Crippen LogP contribution in [0.25, 0.3) is 0 Å². The maximum atomic E-state index is 12.0. The van der Waals surface area contributed by atoms with Crippen LogP contribution in [0.4, 0.5) is 0 Å². The summed E-state index contributed by atoms with van der Waals surface area (Å²) in [6.07, 6.45) is 1.48. The molecule has 21 heavy (non-hydrogen) atoms. The standard InChI is InChI=1S/C14H21NO5S/c1-5-20-14(17)13-10(2)9-12(16)15(11(13)3)7-6-8-21(4,18)19/h9H,5-8H2,1-4H3. The number of aryl methyl sites for hydroxylation is 1. The quantitative estimate of drug-likeness (QED) is 0.734. The molecule has 0 unspecified atom stereocenters. The molecule has 0 aliphatic carbocycles. The van der Waals surface area contributed by atoms with Gasteiger partial charge < -0.3 is 9.30 Å². The smallest absolute Gasteiger partial charge is 0.340 e. The molecule has 1 aromatic rings. The number of sulfone groups is 1. The molecule has 0 bridgehead atoms. The van der Waals surface area contributed by atoms with E-state index in [-0.39, 0.29) is 24.5 Å². The minimum atomic E-state index is -3.07. The predicted molar refractivity (Wildman–Crippen MR) is 80.5 cm³/mol. The van der Waals surface area contributed by atoms with Crippen molar-refractivity contribution in [3.05, 3.63) is 33.2 Å². The Morgan fingerprint density at radius 2 is 1.95 bits per heavy atom. The number of hydrogen-bond donors (Lipinski definition) is 0. The molecule has 0 saturated carbocycles. The highest BCUT2D eigenvalue weighted by Gasteiger charge is 2.17. The van der Waals surface area contributed by atoms with Crippen molar-refractivity contribution in [2.75, 3.05) is 18.6 Å². The number of aromatic nitrogens is 1. The van der Waals surface area contributed by atoms with E-state index in [1.807, 2.05) is 0 Å². The van der Waals surface area contributed by atoms with E-state index in [9.17, 15) is 18.0 Å². The number of pyridine rings is 1. The first kappa shape index (κ1) is 17.4. The van der Waals surface area contributed by atoms with Crippen molar-refractivity contribution in [1.29, 1.82) is 0 Å². The van der Waals surface area contributed by atoms with Gasteiger partial charge in [0.25, 0.3) is 5.56 Å². The lowest BCUT2D eigenvalue weighted by molar-refractivity contribution is 0.0523. The SMILES string of the molecule is CCOC(=O)c1c(C)cc(=O)n(CCCS(C)(=O)=O)c1C. The predicted octanol–water partition coefficient (Wildman–Crippen LogP) is 1.08. The maximum absolute atomic E-state index is 12.0. The van der Waals surface area contributed by atoms with Crippen LogP contribution < -0.4 is 5.56 Å². The molecule has 0 spiro atoms. The number of nitrogens with zero attached hydrogens (tertiary/aromatic N) is 1. The fraction of sp³-hybridized carbons (Fsp3) is 0.571. The van der Waals surface area contributed by atoms with Gasteiger partial charge in [0, 0.05) is 24.6 Å². The molecule has 1 aromatic heterocycles. The van der Waals surface area contributed by atoms with E-state index in [1.165, 1.54) is 10.6 Å². The average molecular weight is 315 g/mol. The van der Waals surface area contributed by atoms with Gasteiger partial charge in [0.1, 0.15) is 9.84 Å². The second-order valence-corrected chi connectivity index (χ2v) is 7.24. The summed E-state index contributed by atoms with van der Waals surface area (Å²) >= 11 is 0. The molecule has 0 N–H and O–H groups in total. The van der Waals surface area contributed by atoms with Gasteiger partial charge in [0.2, 0.25) is 0 Å². The second kappa shape index (κ2) is 6.89. The minimum Gasteiger partial charge on any atom is -0.462 e. The Labute approximate surface area is 124 Å². The van der Waals surface area contributed by atoms with Crippen molar-refractivity contribution < 1.29 is 17.9 Å². The molecule has 7 heteroatoms. The number of hydrogen-bond acceptors (Lipinski definition) is 5. The van der Waals surface area contributed by atoms with Gasteiger partial charge >= 0.3 is 5.97 Å². The molecule has 0 saturated heterocycles. The van der Waals surface area contributed by atoms with Gasteiger partial charge in [-0.05, 0) is 32.8 Å². The van der Waals surface area contributed by atoms with Gasteiger partial charge in [-0.3, -0.25) is 4.79 Å². The zero-order valence-corrected chi connectivity index (χ0v) is 13.6. The van der Waals surface area contributed by atoms with Crippen molar-refractivity contribution >= 4 is 15.8 Å². The normalized spacial score (nSPS) is 11.4. The van der Waals surface area contributed by atoms with Crippen LogP contribution in [0.15, 0.2) is 10.9 Å². The summed E-state index contributed by atoms with van der Waals surface area (Å²) in [6.45, 7) is 5.57. The molecule has 0 amide bonds. The highest BCUT2D eigenvalue weighted by Crippen LogP contribution is 2.13. The van der Waals surface area contributed by atoms with Crippen molar-refractivity contribution in [3.8, 4) is 0 Å². The van der Waals surface area contributed by atoms with Gasteiger partial charge in [-0.15, -0.1) is 0 Å². The molecule has 0 atom stereocenters. The van der Waals surface area contributed by atoms with Crippen LogP contribution in [0.3, 0.4) is 0 Å². The minimum absolute atomic E-state index is 0.00148. The van der Waals surface area contributed by atoms with Crippen molar-refractivity contribution in [2.24, 2.45) is 0 Å². The van der Waals surface area contributed by atoms with E-state index in [0.717, 1.165) is 6.26 Å². The molecule has 0 radical (unpaired) electrons. The molecular formula is C14H21NO5S. The monoisotopic (exact) mass is 315 g/mol. The first-order valence-corrected chi connectivity index (χ1v) is 8.79. The van der Waals surface area contributed by atoms with E-state index in [4.69, 9.17) is 4.74 Å². The Bertz CT molecular complexity index is 688. The number of rotatable bonds is 6. The topological polar surface area (TPSA) is 82.4 Å². The van der Waals surface area contributed by atoms with Crippen molar-refractivity contribution in [3.63, 3.8) is 0 Å². The summed E-state index contributed by atoms with van der Waals surface area (Å²) < 4.78 is 28.7. The summed E-state index contributed by atoms with van der Waals surface area (Å²) in [5.74, 6) is -0.467. The van der Waals surface area contributed by atoms with Gasteiger partial charge in [-0.1, -0.05) is 0 Å². The zero-order valence-electron chi connectivity index (χ0n) is 12.8. The second-order valence-electron chi connectivity index (χ2n) is 4.98. The van der Waals surface area contributed by atoms with Gasteiger partial charge in [-0.2, -0.15) is 0 Å². The highest BCUT2D eigenvalue weighted by molar-refractivity contribution is 7.90. The van der Waals surface area contributed by atoms with E-state index in [0.29, 0.717) is 23.2 Å². The lowest BCUT2D eigenvalue weighted by Crippen LogP contribution is -2.27. The lowest BCUT2D eigenvalue weighted by atomic mass is 10.1. The van der Waals surface area contributed by atoms with Crippen LogP contribution in [-0.4, -0.2) is 37.6 Å². The molecule has 0 fully saturated rings. The van der Waals surface area contributed by atoms with Crippen LogP contribution in [-0.2, 0) is 21.1 Å². The number of ether oxygens (including phenoxy) is 1. The third-order valence-electron chi connectivity index (χ3n) is 3.14. The lowest BCUT2D eigenvalue weighted by Gasteiger charge is -2.15. The summed E-state index contributed by atoms with van der Waals surface area (Å²) in [7, 11) is -3.07. The van der Waals surface area contributed by atoms with E-state index >= 15 is 0 Å². The van der Waals surface area contributed by atoms with E-state index in [2.05, 4.69) is 0 Å². The van der Waals surface area contributed by atoms with Crippen molar-refractivity contribution in [1.82, 2.24) is 4.57 Å². The number of esters is 1. The van der Waals surface area contributed by atoms with Crippen LogP contribution in [0.1, 0.15) is 35.0 Å². The molecule has 118 valence electrons. The number of carbonyl (C=O) groups is 1. The zero-order chi connectivity index (χ0) is 16.2. The third kappa shape index (κ3) is 4.70. The Hall–Kier alpha value is -1.63. The van der Waals surface area contributed by atoms with E-state index in [1.54, 1.807) is 20.8 Å². The highest BCUT2D eigenvalue weighted by atomic mass is 32.2. The fourth-order valence-corrected chi connectivity index (χ4v) is 2.85. The summed E-state index contributed by atoms with van der Waals surface area (Å²) in [5.41, 5.74) is 1.20. The summed E-state index contributed by atoms with van der Waals surface area (Å²) in [4.78, 5) is 24.0. The largest absolute Gasteiger partial charge is 0.462 e. The summed E-state index contributed by atoms with van der Waals surface area (Å²) in [5, 5.41) is 0. The molecule has 0 aromatic carbocycles. The first-order valence-electron chi connectivity index (χ1n) is 6.73. The molecule has 1 rings (SSSR count). The van der Waals surface area contributed by atoms with Crippen molar-refractivity contribution in [2.45, 2.75) is 33.7 Å². The summed E-state index contributed by atoms with van der Waals surface area (Å²) in [6, 6.07) is 1.37. The van der Waals surface area contributed by atoms with Crippen LogP contribution in [0.5, 0.6) is 0 Å². The molecule has 0 aliphatic heterocycles. The fourth-order valence-electron chi connectivity index (χ4n) is 2.20. The van der Waals surface area contributed by atoms with Gasteiger partial charge in [0.05, 0.1) is 17.9 Å². The Balaban J connectivity index is 3.13. The maximum Gasteiger partial charge on any atom is 0.340 e. The van der Waals surface area contributed by atoms with E-state index < -0.39 is 15.8 Å². The van der Waals surface area contributed by atoms with Crippen LogP contribution in [0, 0.1) is 13.8 Å². The Morgan fingerprint density at radius 3 is 2.48 bits per heavy atom. The molecule has 0 aliphatic rings. The first-order chi connectivity index (χ1) is 9.67. The average Bonchev–Trinajstić information content (AvgIpc) is 2.32. The van der Waals surface area contributed by atoms with Gasteiger partial charge in [0.15, 0.2) is 0 Å². The van der Waals surface area contributed by atoms with Crippen LogP contribution in [0.2, 0.25) is 0 Å². The molecular weight excluding hydrogens is 294 g/mol. The molecule has 6 nitrogen and oxygen atoms in total. The number of carbonyl (C=O) groups excluding carboxylic acids is 1. The Morgan fingerprint density at radius 1 is 1.33 bits per heavy atom. The molecule has 1 heterocycles. The van der Waals surface area contributed by atoms with Gasteiger partial charge in [-0.25, -0.2) is 13.2 Å². The van der Waals surface area contributed by atoms with Crippen LogP contribution >= 0.6 is 0 Å². The third-order valence-corrected chi connectivity index (χ3v) is 4.17. The Kier molecular flexibility index (Phi) is 5.71.